The maximum absolute atomic E-state index is 12.2. The molecule has 2 aromatic carbocycles. The van der Waals surface area contributed by atoms with E-state index >= 15 is 0 Å². The molecule has 0 aromatic heterocycles. The standard InChI is InChI=1S/C23H28BrNO4/c1-5-28-22(27)16-8-6-9-18(14-16)25-21(26)10-7-13-29-20-12-11-17(15-19(20)24)23(2,3)4/h6,8-9,11-12,14-15H,5,7,10,13H2,1-4H3,(H,25,26). The molecule has 5 nitrogen and oxygen atoms in total. The van der Waals surface area contributed by atoms with Crippen LogP contribution in [0.15, 0.2) is 46.9 Å². The zero-order valence-electron chi connectivity index (χ0n) is 17.4. The molecule has 0 saturated heterocycles. The van der Waals surface area contributed by atoms with E-state index in [1.54, 1.807) is 31.2 Å². The summed E-state index contributed by atoms with van der Waals surface area (Å²) in [5.74, 6) is 0.234. The highest BCUT2D eigenvalue weighted by Crippen LogP contribution is 2.31. The summed E-state index contributed by atoms with van der Waals surface area (Å²) >= 11 is 3.55. The van der Waals surface area contributed by atoms with Crippen LogP contribution in [0.5, 0.6) is 5.75 Å². The van der Waals surface area contributed by atoms with Crippen LogP contribution >= 0.6 is 15.9 Å². The van der Waals surface area contributed by atoms with E-state index in [4.69, 9.17) is 9.47 Å². The largest absolute Gasteiger partial charge is 0.492 e. The van der Waals surface area contributed by atoms with Gasteiger partial charge < -0.3 is 14.8 Å². The van der Waals surface area contributed by atoms with Crippen molar-refractivity contribution >= 4 is 33.5 Å². The second kappa shape index (κ2) is 10.4. The Bertz CT molecular complexity index is 858. The molecule has 0 saturated carbocycles. The van der Waals surface area contributed by atoms with Gasteiger partial charge in [-0.2, -0.15) is 0 Å². The number of halogens is 1. The zero-order chi connectivity index (χ0) is 21.4. The molecule has 2 aromatic rings. The van der Waals surface area contributed by atoms with Gasteiger partial charge in [0, 0.05) is 12.1 Å². The molecule has 0 aliphatic carbocycles. The van der Waals surface area contributed by atoms with E-state index in [2.05, 4.69) is 54.2 Å². The molecule has 6 heteroatoms. The van der Waals surface area contributed by atoms with Gasteiger partial charge in [-0.05, 0) is 70.6 Å². The summed E-state index contributed by atoms with van der Waals surface area (Å²) in [6, 6.07) is 12.8. The number of ether oxygens (including phenoxy) is 2. The highest BCUT2D eigenvalue weighted by molar-refractivity contribution is 9.10. The van der Waals surface area contributed by atoms with E-state index in [1.807, 2.05) is 6.07 Å². The first kappa shape index (κ1) is 22.9. The Hall–Kier alpha value is -2.34. The van der Waals surface area contributed by atoms with E-state index in [-0.39, 0.29) is 11.3 Å². The van der Waals surface area contributed by atoms with E-state index in [0.29, 0.717) is 37.3 Å². The fraction of sp³-hybridized carbons (Fsp3) is 0.391. The number of rotatable bonds is 8. The Morgan fingerprint density at radius 3 is 2.52 bits per heavy atom. The Kier molecular flexibility index (Phi) is 8.26. The van der Waals surface area contributed by atoms with Gasteiger partial charge in [0.25, 0.3) is 0 Å². The SMILES string of the molecule is CCOC(=O)c1cccc(NC(=O)CCCOc2ccc(C(C)(C)C)cc2Br)c1. The average molecular weight is 462 g/mol. The van der Waals surface area contributed by atoms with Crippen molar-refractivity contribution < 1.29 is 19.1 Å². The predicted octanol–water partition coefficient (Wildman–Crippen LogP) is 5.72. The van der Waals surface area contributed by atoms with Crippen molar-refractivity contribution in [3.8, 4) is 5.75 Å². The third-order valence-corrected chi connectivity index (χ3v) is 4.88. The van der Waals surface area contributed by atoms with E-state index in [1.165, 1.54) is 5.56 Å². The van der Waals surface area contributed by atoms with Crippen molar-refractivity contribution in [2.24, 2.45) is 0 Å². The highest BCUT2D eigenvalue weighted by atomic mass is 79.9. The van der Waals surface area contributed by atoms with E-state index in [9.17, 15) is 9.59 Å². The summed E-state index contributed by atoms with van der Waals surface area (Å²) in [6.45, 7) is 8.99. The average Bonchev–Trinajstić information content (AvgIpc) is 2.66. The number of amides is 1. The monoisotopic (exact) mass is 461 g/mol. The summed E-state index contributed by atoms with van der Waals surface area (Å²) in [5, 5.41) is 2.80. The van der Waals surface area contributed by atoms with Crippen molar-refractivity contribution in [1.82, 2.24) is 0 Å². The number of benzene rings is 2. The van der Waals surface area contributed by atoms with Crippen LogP contribution < -0.4 is 10.1 Å². The Balaban J connectivity index is 1.81. The smallest absolute Gasteiger partial charge is 0.338 e. The molecule has 0 aliphatic heterocycles. The van der Waals surface area contributed by atoms with Crippen LogP contribution in [0, 0.1) is 0 Å². The molecule has 0 spiro atoms. The molecule has 0 radical (unpaired) electrons. The third kappa shape index (κ3) is 7.20. The van der Waals surface area contributed by atoms with Crippen molar-refractivity contribution in [2.45, 2.75) is 46.0 Å². The van der Waals surface area contributed by atoms with Crippen LogP contribution in [-0.4, -0.2) is 25.1 Å². The third-order valence-electron chi connectivity index (χ3n) is 4.26. The van der Waals surface area contributed by atoms with Crippen LogP contribution in [0.3, 0.4) is 0 Å². The number of hydrogen-bond acceptors (Lipinski definition) is 4. The second-order valence-corrected chi connectivity index (χ2v) is 8.55. The fourth-order valence-corrected chi connectivity index (χ4v) is 3.15. The lowest BCUT2D eigenvalue weighted by Crippen LogP contribution is -2.14. The number of hydrogen-bond donors (Lipinski definition) is 1. The summed E-state index contributed by atoms with van der Waals surface area (Å²) in [6.07, 6.45) is 0.901. The Morgan fingerprint density at radius 1 is 1.10 bits per heavy atom. The van der Waals surface area contributed by atoms with Gasteiger partial charge in [-0.3, -0.25) is 4.79 Å². The molecule has 0 atom stereocenters. The quantitative estimate of drug-likeness (QED) is 0.403. The molecule has 0 heterocycles. The van der Waals surface area contributed by atoms with Gasteiger partial charge in [-0.1, -0.05) is 32.9 Å². The van der Waals surface area contributed by atoms with Gasteiger partial charge in [0.2, 0.25) is 5.91 Å². The lowest BCUT2D eigenvalue weighted by molar-refractivity contribution is -0.116. The molecule has 156 valence electrons. The summed E-state index contributed by atoms with van der Waals surface area (Å²) in [4.78, 5) is 23.9. The van der Waals surface area contributed by atoms with Crippen LogP contribution in [0.25, 0.3) is 0 Å². The van der Waals surface area contributed by atoms with Crippen LogP contribution in [0.2, 0.25) is 0 Å². The number of carbonyl (C=O) groups excluding carboxylic acids is 2. The van der Waals surface area contributed by atoms with Crippen molar-refractivity contribution in [3.05, 3.63) is 58.1 Å². The summed E-state index contributed by atoms with van der Waals surface area (Å²) in [7, 11) is 0. The Morgan fingerprint density at radius 2 is 1.86 bits per heavy atom. The topological polar surface area (TPSA) is 64.6 Å². The van der Waals surface area contributed by atoms with Gasteiger partial charge in [0.05, 0.1) is 23.2 Å². The van der Waals surface area contributed by atoms with Gasteiger partial charge in [0.1, 0.15) is 5.75 Å². The maximum Gasteiger partial charge on any atom is 0.338 e. The van der Waals surface area contributed by atoms with Gasteiger partial charge in [-0.25, -0.2) is 4.79 Å². The molecular formula is C23H28BrNO4. The second-order valence-electron chi connectivity index (χ2n) is 7.70. The van der Waals surface area contributed by atoms with E-state index < -0.39 is 5.97 Å². The highest BCUT2D eigenvalue weighted by Gasteiger charge is 2.15. The molecule has 0 unspecified atom stereocenters. The zero-order valence-corrected chi connectivity index (χ0v) is 19.0. The van der Waals surface area contributed by atoms with Crippen molar-refractivity contribution in [3.63, 3.8) is 0 Å². The Labute approximate surface area is 180 Å². The normalized spacial score (nSPS) is 11.1. The molecule has 1 N–H and O–H groups in total. The molecule has 1 amide bonds. The van der Waals surface area contributed by atoms with Gasteiger partial charge in [-0.15, -0.1) is 0 Å². The van der Waals surface area contributed by atoms with Crippen LogP contribution in [0.4, 0.5) is 5.69 Å². The number of carbonyl (C=O) groups is 2. The van der Waals surface area contributed by atoms with Gasteiger partial charge >= 0.3 is 5.97 Å². The minimum Gasteiger partial charge on any atom is -0.492 e. The fourth-order valence-electron chi connectivity index (χ4n) is 2.66. The number of anilines is 1. The molecule has 2 rings (SSSR count). The first-order valence-electron chi connectivity index (χ1n) is 9.70. The van der Waals surface area contributed by atoms with Crippen LogP contribution in [0.1, 0.15) is 56.5 Å². The van der Waals surface area contributed by atoms with Crippen molar-refractivity contribution in [1.29, 1.82) is 0 Å². The van der Waals surface area contributed by atoms with E-state index in [0.717, 1.165) is 10.2 Å². The lowest BCUT2D eigenvalue weighted by Gasteiger charge is -2.20. The maximum atomic E-state index is 12.2. The molecule has 0 fully saturated rings. The van der Waals surface area contributed by atoms with Gasteiger partial charge in [0.15, 0.2) is 0 Å². The minimum atomic E-state index is -0.403. The lowest BCUT2D eigenvalue weighted by atomic mass is 9.87. The van der Waals surface area contributed by atoms with Crippen molar-refractivity contribution in [2.75, 3.05) is 18.5 Å². The molecule has 0 aliphatic rings. The minimum absolute atomic E-state index is 0.0731. The first-order chi connectivity index (χ1) is 13.7. The molecule has 0 bridgehead atoms. The summed E-state index contributed by atoms with van der Waals surface area (Å²) in [5.41, 5.74) is 2.28. The van der Waals surface area contributed by atoms with Crippen LogP contribution in [-0.2, 0) is 14.9 Å². The first-order valence-corrected chi connectivity index (χ1v) is 10.5. The molecular weight excluding hydrogens is 434 g/mol. The molecule has 29 heavy (non-hydrogen) atoms. The number of esters is 1. The number of nitrogens with one attached hydrogen (secondary N) is 1. The predicted molar refractivity (Wildman–Crippen MR) is 119 cm³/mol. The summed E-state index contributed by atoms with van der Waals surface area (Å²) < 4.78 is 11.7.